The van der Waals surface area contributed by atoms with Gasteiger partial charge in [0.15, 0.2) is 0 Å². The van der Waals surface area contributed by atoms with Crippen molar-refractivity contribution in [2.75, 3.05) is 26.7 Å². The number of amides is 1. The van der Waals surface area contributed by atoms with E-state index in [4.69, 9.17) is 4.74 Å². The van der Waals surface area contributed by atoms with E-state index in [1.54, 1.807) is 25.9 Å². The number of benzene rings is 1. The quantitative estimate of drug-likeness (QED) is 0.669. The first-order valence-electron chi connectivity index (χ1n) is 8.64. The second-order valence-electron chi connectivity index (χ2n) is 6.27. The summed E-state index contributed by atoms with van der Waals surface area (Å²) in [7, 11) is -2.06. The summed E-state index contributed by atoms with van der Waals surface area (Å²) in [6, 6.07) is 7.64. The summed E-state index contributed by atoms with van der Waals surface area (Å²) in [5, 5.41) is 6.58. The minimum atomic E-state index is -3.67. The molecule has 0 saturated heterocycles. The first-order chi connectivity index (χ1) is 12.7. The number of methoxy groups -OCH3 is 1. The lowest BCUT2D eigenvalue weighted by molar-refractivity contribution is -0.128. The molecule has 0 fully saturated rings. The maximum absolute atomic E-state index is 12.4. The fraction of sp³-hybridized carbons (Fsp3) is 0.444. The molecule has 0 saturated carbocycles. The molecule has 0 atom stereocenters. The van der Waals surface area contributed by atoms with Crippen LogP contribution in [0.1, 0.15) is 23.9 Å². The third-order valence-corrected chi connectivity index (χ3v) is 6.00. The number of carbonyl (C=O) groups excluding carboxylic acids is 1. The first kappa shape index (κ1) is 20.9. The van der Waals surface area contributed by atoms with Gasteiger partial charge in [0.2, 0.25) is 15.9 Å². The number of hydrogen-bond acceptors (Lipinski definition) is 5. The molecule has 9 heteroatoms. The normalized spacial score (nSPS) is 11.4. The molecule has 27 heavy (non-hydrogen) atoms. The largest absolute Gasteiger partial charge is 0.497 e. The predicted molar refractivity (Wildman–Crippen MR) is 102 cm³/mol. The zero-order chi connectivity index (χ0) is 20.0. The molecular formula is C18H26N4O4S. The second kappa shape index (κ2) is 9.01. The molecule has 2 rings (SSSR count). The number of rotatable bonds is 9. The Labute approximate surface area is 160 Å². The molecule has 1 aromatic heterocycles. The van der Waals surface area contributed by atoms with E-state index < -0.39 is 10.0 Å². The number of H-pyrrole nitrogens is 1. The van der Waals surface area contributed by atoms with Crippen molar-refractivity contribution in [3.8, 4) is 5.75 Å². The third kappa shape index (κ3) is 5.54. The van der Waals surface area contributed by atoms with Gasteiger partial charge in [0.25, 0.3) is 0 Å². The van der Waals surface area contributed by atoms with Gasteiger partial charge in [-0.15, -0.1) is 0 Å². The molecule has 0 bridgehead atoms. The van der Waals surface area contributed by atoms with Crippen molar-refractivity contribution in [3.05, 3.63) is 41.2 Å². The fourth-order valence-electron chi connectivity index (χ4n) is 2.81. The fourth-order valence-corrected chi connectivity index (χ4v) is 4.19. The lowest BCUT2D eigenvalue weighted by atomic mass is 10.1. The molecule has 1 amide bonds. The summed E-state index contributed by atoms with van der Waals surface area (Å²) >= 11 is 0. The van der Waals surface area contributed by atoms with Gasteiger partial charge in [-0.2, -0.15) is 5.10 Å². The van der Waals surface area contributed by atoms with Crippen LogP contribution >= 0.6 is 0 Å². The zero-order valence-electron chi connectivity index (χ0n) is 16.1. The third-order valence-electron chi connectivity index (χ3n) is 4.28. The van der Waals surface area contributed by atoms with Crippen LogP contribution in [0, 0.1) is 13.8 Å². The molecule has 0 spiro atoms. The van der Waals surface area contributed by atoms with Gasteiger partial charge in [0.05, 0.1) is 18.5 Å². The molecule has 8 nitrogen and oxygen atoms in total. The lowest BCUT2D eigenvalue weighted by Gasteiger charge is -2.21. The summed E-state index contributed by atoms with van der Waals surface area (Å²) in [4.78, 5) is 13.7. The Hall–Kier alpha value is -2.39. The number of aryl methyl sites for hydroxylation is 2. The van der Waals surface area contributed by atoms with Crippen molar-refractivity contribution in [1.82, 2.24) is 19.8 Å². The molecule has 2 N–H and O–H groups in total. The van der Waals surface area contributed by atoms with E-state index in [1.807, 2.05) is 24.3 Å². The monoisotopic (exact) mass is 394 g/mol. The Kier molecular flexibility index (Phi) is 6.98. The molecule has 0 unspecified atom stereocenters. The van der Waals surface area contributed by atoms with Crippen molar-refractivity contribution in [1.29, 1.82) is 0 Å². The average molecular weight is 394 g/mol. The highest BCUT2D eigenvalue weighted by Gasteiger charge is 2.22. The van der Waals surface area contributed by atoms with Crippen molar-refractivity contribution in [2.45, 2.75) is 32.1 Å². The summed E-state index contributed by atoms with van der Waals surface area (Å²) in [5.41, 5.74) is 1.98. The van der Waals surface area contributed by atoms with Crippen LogP contribution in [0.4, 0.5) is 0 Å². The standard InChI is InChI=1S/C18H26N4O4S/c1-13-18(14(2)21-20-13)27(24,25)19-10-12-22(15(3)23)11-9-16-5-7-17(26-4)8-6-16/h5-8,19H,9-12H2,1-4H3,(H,20,21). The number of carbonyl (C=O) groups is 1. The maximum atomic E-state index is 12.4. The average Bonchev–Trinajstić information content (AvgIpc) is 2.97. The van der Waals surface area contributed by atoms with E-state index in [0.29, 0.717) is 30.9 Å². The molecule has 0 aliphatic rings. The first-order valence-corrected chi connectivity index (χ1v) is 10.1. The van der Waals surface area contributed by atoms with E-state index in [1.165, 1.54) is 6.92 Å². The Balaban J connectivity index is 1.91. The van der Waals surface area contributed by atoms with E-state index in [-0.39, 0.29) is 17.3 Å². The number of aromatic amines is 1. The van der Waals surface area contributed by atoms with Crippen LogP contribution in [0.2, 0.25) is 0 Å². The Bertz CT molecular complexity index is 856. The van der Waals surface area contributed by atoms with Gasteiger partial charge >= 0.3 is 0 Å². The Morgan fingerprint density at radius 3 is 2.41 bits per heavy atom. The van der Waals surface area contributed by atoms with Gasteiger partial charge in [-0.3, -0.25) is 9.89 Å². The summed E-state index contributed by atoms with van der Waals surface area (Å²) in [6.45, 7) is 5.70. The van der Waals surface area contributed by atoms with E-state index in [9.17, 15) is 13.2 Å². The minimum Gasteiger partial charge on any atom is -0.497 e. The van der Waals surface area contributed by atoms with Gasteiger partial charge in [0.1, 0.15) is 10.6 Å². The molecule has 0 radical (unpaired) electrons. The van der Waals surface area contributed by atoms with Crippen molar-refractivity contribution < 1.29 is 17.9 Å². The molecule has 0 aliphatic carbocycles. The lowest BCUT2D eigenvalue weighted by Crippen LogP contribution is -2.38. The van der Waals surface area contributed by atoms with E-state index in [0.717, 1.165) is 11.3 Å². The second-order valence-corrected chi connectivity index (χ2v) is 7.97. The van der Waals surface area contributed by atoms with E-state index in [2.05, 4.69) is 14.9 Å². The SMILES string of the molecule is COc1ccc(CCN(CCNS(=O)(=O)c2c(C)n[nH]c2C)C(C)=O)cc1. The van der Waals surface area contributed by atoms with Gasteiger partial charge in [-0.1, -0.05) is 12.1 Å². The van der Waals surface area contributed by atoms with Gasteiger partial charge < -0.3 is 9.64 Å². The van der Waals surface area contributed by atoms with Gasteiger partial charge in [0, 0.05) is 26.6 Å². The number of nitrogens with zero attached hydrogens (tertiary/aromatic N) is 2. The van der Waals surface area contributed by atoms with Crippen LogP contribution < -0.4 is 9.46 Å². The molecule has 2 aromatic rings. The van der Waals surface area contributed by atoms with Crippen LogP contribution in [0.25, 0.3) is 0 Å². The van der Waals surface area contributed by atoms with E-state index >= 15 is 0 Å². The molecule has 1 heterocycles. The number of aromatic nitrogens is 2. The molecule has 0 aliphatic heterocycles. The maximum Gasteiger partial charge on any atom is 0.244 e. The van der Waals surface area contributed by atoms with Gasteiger partial charge in [-0.25, -0.2) is 13.1 Å². The molecule has 148 valence electrons. The highest BCUT2D eigenvalue weighted by Crippen LogP contribution is 2.16. The minimum absolute atomic E-state index is 0.0987. The van der Waals surface area contributed by atoms with Crippen LogP contribution in [-0.4, -0.2) is 56.2 Å². The van der Waals surface area contributed by atoms with Crippen LogP contribution in [0.15, 0.2) is 29.2 Å². The van der Waals surface area contributed by atoms with Crippen molar-refractivity contribution in [2.24, 2.45) is 0 Å². The summed E-state index contributed by atoms with van der Waals surface area (Å²) < 4.78 is 32.6. The number of hydrogen-bond donors (Lipinski definition) is 2. The van der Waals surface area contributed by atoms with Crippen LogP contribution in [0.3, 0.4) is 0 Å². The van der Waals surface area contributed by atoms with Crippen molar-refractivity contribution >= 4 is 15.9 Å². The van der Waals surface area contributed by atoms with Crippen molar-refractivity contribution in [3.63, 3.8) is 0 Å². The zero-order valence-corrected chi connectivity index (χ0v) is 16.9. The Morgan fingerprint density at radius 1 is 1.22 bits per heavy atom. The number of nitrogens with one attached hydrogen (secondary N) is 2. The smallest absolute Gasteiger partial charge is 0.244 e. The topological polar surface area (TPSA) is 104 Å². The predicted octanol–water partition coefficient (Wildman–Crippen LogP) is 1.40. The van der Waals surface area contributed by atoms with Crippen LogP contribution in [0.5, 0.6) is 5.75 Å². The highest BCUT2D eigenvalue weighted by molar-refractivity contribution is 7.89. The Morgan fingerprint density at radius 2 is 1.89 bits per heavy atom. The number of sulfonamides is 1. The molecular weight excluding hydrogens is 368 g/mol. The summed E-state index contributed by atoms with van der Waals surface area (Å²) in [6.07, 6.45) is 0.677. The number of ether oxygens (including phenoxy) is 1. The highest BCUT2D eigenvalue weighted by atomic mass is 32.2. The van der Waals surface area contributed by atoms with Crippen LogP contribution in [-0.2, 0) is 21.2 Å². The molecule has 1 aromatic carbocycles. The van der Waals surface area contributed by atoms with Gasteiger partial charge in [-0.05, 0) is 38.0 Å². The summed E-state index contributed by atoms with van der Waals surface area (Å²) in [5.74, 6) is 0.680.